The van der Waals surface area contributed by atoms with Gasteiger partial charge in [-0.25, -0.2) is 0 Å². The minimum Gasteiger partial charge on any atom is -0.493 e. The predicted molar refractivity (Wildman–Crippen MR) is 122 cm³/mol. The first-order valence-corrected chi connectivity index (χ1v) is 10.2. The molecule has 9 nitrogen and oxygen atoms in total. The van der Waals surface area contributed by atoms with Crippen LogP contribution in [0.25, 0.3) is 0 Å². The molecule has 0 aliphatic heterocycles. The Morgan fingerprint density at radius 2 is 1.58 bits per heavy atom. The molecule has 0 aliphatic rings. The van der Waals surface area contributed by atoms with Crippen LogP contribution in [0, 0.1) is 0 Å². The van der Waals surface area contributed by atoms with Crippen molar-refractivity contribution >= 4 is 45.1 Å². The van der Waals surface area contributed by atoms with E-state index >= 15 is 0 Å². The van der Waals surface area contributed by atoms with Crippen LogP contribution in [0.2, 0.25) is 0 Å². The van der Waals surface area contributed by atoms with Crippen molar-refractivity contribution < 1.29 is 28.5 Å². The highest BCUT2D eigenvalue weighted by Gasteiger charge is 2.18. The number of hydrogen-bond donors (Lipinski definition) is 3. The fourth-order valence-corrected chi connectivity index (χ4v) is 3.07. The molecule has 0 unspecified atom stereocenters. The summed E-state index contributed by atoms with van der Waals surface area (Å²) in [5.74, 6) is 0.378. The number of carbonyl (C=O) groups is 2. The van der Waals surface area contributed by atoms with Crippen molar-refractivity contribution in [3.63, 3.8) is 0 Å². The molecule has 2 amide bonds. The van der Waals surface area contributed by atoms with Crippen molar-refractivity contribution in [3.8, 4) is 23.0 Å². The second-order valence-corrected chi connectivity index (χ2v) is 7.17. The van der Waals surface area contributed by atoms with Gasteiger partial charge in [-0.1, -0.05) is 15.9 Å². The van der Waals surface area contributed by atoms with Gasteiger partial charge in [-0.15, -0.1) is 0 Å². The summed E-state index contributed by atoms with van der Waals surface area (Å²) in [6, 6.07) is 8.00. The molecular formula is C20H22BrN3O6S. The summed E-state index contributed by atoms with van der Waals surface area (Å²) in [5.41, 5.74) is 5.41. The van der Waals surface area contributed by atoms with E-state index in [4.69, 9.17) is 31.2 Å². The van der Waals surface area contributed by atoms with E-state index in [-0.39, 0.29) is 16.2 Å². The minimum atomic E-state index is -0.534. The number of benzene rings is 2. The number of carbonyl (C=O) groups excluding carboxylic acids is 2. The van der Waals surface area contributed by atoms with Gasteiger partial charge in [0.2, 0.25) is 5.75 Å². The summed E-state index contributed by atoms with van der Waals surface area (Å²) in [6.45, 7) is 2.21. The SMILES string of the molecule is CCOc1ccc(Br)cc1C(=O)NC(=S)NNC(=O)c1cc(OC)c(OC)c(OC)c1. The molecule has 0 bridgehead atoms. The van der Waals surface area contributed by atoms with Crippen LogP contribution in [0.15, 0.2) is 34.8 Å². The molecule has 0 radical (unpaired) electrons. The first-order chi connectivity index (χ1) is 14.8. The maximum absolute atomic E-state index is 12.6. The van der Waals surface area contributed by atoms with Gasteiger partial charge in [-0.2, -0.15) is 0 Å². The molecular weight excluding hydrogens is 490 g/mol. The highest BCUT2D eigenvalue weighted by atomic mass is 79.9. The van der Waals surface area contributed by atoms with Crippen molar-refractivity contribution in [3.05, 3.63) is 45.9 Å². The smallest absolute Gasteiger partial charge is 0.269 e. The molecule has 0 aromatic heterocycles. The summed E-state index contributed by atoms with van der Waals surface area (Å²) < 4.78 is 21.9. The lowest BCUT2D eigenvalue weighted by atomic mass is 10.1. The second kappa shape index (κ2) is 11.4. The van der Waals surface area contributed by atoms with Crippen LogP contribution in [-0.2, 0) is 0 Å². The van der Waals surface area contributed by atoms with Gasteiger partial charge in [-0.3, -0.25) is 25.8 Å². The fourth-order valence-electron chi connectivity index (χ4n) is 2.56. The van der Waals surface area contributed by atoms with E-state index in [1.807, 2.05) is 6.92 Å². The normalized spacial score (nSPS) is 9.97. The standard InChI is InChI=1S/C20H22BrN3O6S/c1-5-30-14-7-6-12(21)10-13(14)19(26)22-20(31)24-23-18(25)11-8-15(27-2)17(29-4)16(9-11)28-3/h6-10H,5H2,1-4H3,(H,23,25)(H2,22,24,26,31). The molecule has 0 saturated carbocycles. The quantitative estimate of drug-likeness (QED) is 0.384. The van der Waals surface area contributed by atoms with E-state index in [9.17, 15) is 9.59 Å². The van der Waals surface area contributed by atoms with Crippen LogP contribution in [0.4, 0.5) is 0 Å². The Labute approximate surface area is 193 Å². The van der Waals surface area contributed by atoms with E-state index in [0.29, 0.717) is 34.1 Å². The van der Waals surface area contributed by atoms with Crippen molar-refractivity contribution in [2.45, 2.75) is 6.92 Å². The average Bonchev–Trinajstić information content (AvgIpc) is 2.77. The second-order valence-electron chi connectivity index (χ2n) is 5.85. The van der Waals surface area contributed by atoms with Gasteiger partial charge in [0.1, 0.15) is 5.75 Å². The number of methoxy groups -OCH3 is 3. The molecule has 166 valence electrons. The third-order valence-electron chi connectivity index (χ3n) is 3.93. The Kier molecular flexibility index (Phi) is 8.88. The lowest BCUT2D eigenvalue weighted by Crippen LogP contribution is -2.48. The topological polar surface area (TPSA) is 107 Å². The maximum atomic E-state index is 12.6. The predicted octanol–water partition coefficient (Wildman–Crippen LogP) is 2.82. The highest BCUT2D eigenvalue weighted by Crippen LogP contribution is 2.38. The molecule has 2 aromatic rings. The van der Waals surface area contributed by atoms with Crippen LogP contribution in [0.5, 0.6) is 23.0 Å². The zero-order chi connectivity index (χ0) is 23.0. The minimum absolute atomic E-state index is 0.104. The van der Waals surface area contributed by atoms with Gasteiger partial charge in [0, 0.05) is 10.0 Å². The summed E-state index contributed by atoms with van der Waals surface area (Å²) >= 11 is 8.42. The molecule has 11 heteroatoms. The van der Waals surface area contributed by atoms with Gasteiger partial charge in [-0.05, 0) is 49.5 Å². The number of ether oxygens (including phenoxy) is 4. The monoisotopic (exact) mass is 511 g/mol. The largest absolute Gasteiger partial charge is 0.493 e. The van der Waals surface area contributed by atoms with E-state index in [1.54, 1.807) is 18.2 Å². The number of thiocarbonyl (C=S) groups is 1. The number of hydrogen-bond acceptors (Lipinski definition) is 7. The molecule has 31 heavy (non-hydrogen) atoms. The first kappa shape index (κ1) is 24.2. The molecule has 2 aromatic carbocycles. The number of rotatable bonds is 7. The van der Waals surface area contributed by atoms with Crippen molar-refractivity contribution in [2.75, 3.05) is 27.9 Å². The Balaban J connectivity index is 2.06. The first-order valence-electron chi connectivity index (χ1n) is 8.98. The van der Waals surface area contributed by atoms with Gasteiger partial charge in [0.25, 0.3) is 11.8 Å². The van der Waals surface area contributed by atoms with Gasteiger partial charge >= 0.3 is 0 Å². The van der Waals surface area contributed by atoms with E-state index in [2.05, 4.69) is 32.1 Å². The highest BCUT2D eigenvalue weighted by molar-refractivity contribution is 9.10. The molecule has 0 saturated heterocycles. The molecule has 2 rings (SSSR count). The molecule has 0 fully saturated rings. The van der Waals surface area contributed by atoms with E-state index in [0.717, 1.165) is 0 Å². The van der Waals surface area contributed by atoms with Gasteiger partial charge in [0.15, 0.2) is 16.6 Å². The zero-order valence-electron chi connectivity index (χ0n) is 17.3. The Hall–Kier alpha value is -3.05. The Morgan fingerprint density at radius 3 is 2.13 bits per heavy atom. The number of amides is 2. The summed E-state index contributed by atoms with van der Waals surface area (Å²) in [4.78, 5) is 25.1. The lowest BCUT2D eigenvalue weighted by Gasteiger charge is -2.15. The molecule has 0 aliphatic carbocycles. The summed E-state index contributed by atoms with van der Waals surface area (Å²) in [6.07, 6.45) is 0. The third-order valence-corrected chi connectivity index (χ3v) is 4.63. The van der Waals surface area contributed by atoms with Crippen molar-refractivity contribution in [1.82, 2.24) is 16.2 Å². The molecule has 0 atom stereocenters. The molecule has 0 spiro atoms. The summed E-state index contributed by atoms with van der Waals surface area (Å²) in [5, 5.41) is 2.39. The van der Waals surface area contributed by atoms with Crippen LogP contribution >= 0.6 is 28.1 Å². The van der Waals surface area contributed by atoms with Crippen LogP contribution in [-0.4, -0.2) is 44.9 Å². The van der Waals surface area contributed by atoms with Crippen molar-refractivity contribution in [1.29, 1.82) is 0 Å². The van der Waals surface area contributed by atoms with E-state index in [1.165, 1.54) is 33.5 Å². The maximum Gasteiger partial charge on any atom is 0.269 e. The van der Waals surface area contributed by atoms with Gasteiger partial charge in [0.05, 0.1) is 33.5 Å². The van der Waals surface area contributed by atoms with Crippen LogP contribution in [0.3, 0.4) is 0 Å². The number of nitrogens with one attached hydrogen (secondary N) is 3. The summed E-state index contributed by atoms with van der Waals surface area (Å²) in [7, 11) is 4.35. The van der Waals surface area contributed by atoms with Crippen LogP contribution < -0.4 is 35.1 Å². The van der Waals surface area contributed by atoms with Crippen LogP contribution in [0.1, 0.15) is 27.6 Å². The Bertz CT molecular complexity index is 960. The fraction of sp³-hybridized carbons (Fsp3) is 0.250. The average molecular weight is 512 g/mol. The number of hydrazine groups is 1. The van der Waals surface area contributed by atoms with Crippen molar-refractivity contribution in [2.24, 2.45) is 0 Å². The Morgan fingerprint density at radius 1 is 0.935 bits per heavy atom. The van der Waals surface area contributed by atoms with Gasteiger partial charge < -0.3 is 18.9 Å². The lowest BCUT2D eigenvalue weighted by molar-refractivity contribution is 0.0933. The molecule has 0 heterocycles. The zero-order valence-corrected chi connectivity index (χ0v) is 19.7. The number of halogens is 1. The molecule has 3 N–H and O–H groups in total. The third kappa shape index (κ3) is 6.22. The van der Waals surface area contributed by atoms with E-state index < -0.39 is 11.8 Å².